The lowest BCUT2D eigenvalue weighted by Gasteiger charge is -2.08. The van der Waals surface area contributed by atoms with Gasteiger partial charge in [0.1, 0.15) is 12.7 Å². The quantitative estimate of drug-likeness (QED) is 0.0676. The highest BCUT2D eigenvalue weighted by Crippen LogP contribution is 2.15. The van der Waals surface area contributed by atoms with Crippen LogP contribution < -0.4 is 0 Å². The summed E-state index contributed by atoms with van der Waals surface area (Å²) in [6, 6.07) is 0. The number of aliphatic hydroxyl groups excluding tert-OH is 3. The summed E-state index contributed by atoms with van der Waals surface area (Å²) in [5.74, 6) is 0.287. The Kier molecular flexibility index (Phi) is 35.7. The van der Waals surface area contributed by atoms with Crippen molar-refractivity contribution in [2.75, 3.05) is 19.8 Å². The van der Waals surface area contributed by atoms with Gasteiger partial charge in [-0.1, -0.05) is 156 Å². The first kappa shape index (κ1) is 39.5. The molecule has 0 radical (unpaired) electrons. The molecule has 0 aromatic rings. The lowest BCUT2D eigenvalue weighted by atomic mass is 10.0. The average molecular weight is 545 g/mol. The molecule has 0 fully saturated rings. The number of carbonyl (C=O) groups excluding carboxylic acids is 1. The van der Waals surface area contributed by atoms with Crippen LogP contribution in [0, 0.1) is 5.92 Å². The van der Waals surface area contributed by atoms with Crippen LogP contribution in [0.25, 0.3) is 0 Å². The first-order chi connectivity index (χ1) is 18.5. The van der Waals surface area contributed by atoms with Crippen molar-refractivity contribution in [1.29, 1.82) is 0 Å². The third kappa shape index (κ3) is 33.4. The van der Waals surface area contributed by atoms with E-state index in [0.717, 1.165) is 19.3 Å². The van der Waals surface area contributed by atoms with Gasteiger partial charge in [-0.3, -0.25) is 4.79 Å². The molecule has 0 aliphatic rings. The van der Waals surface area contributed by atoms with Crippen molar-refractivity contribution >= 4 is 5.97 Å². The molecule has 0 aromatic heterocycles. The molecule has 0 rings (SSSR count). The highest BCUT2D eigenvalue weighted by Gasteiger charge is 2.07. The van der Waals surface area contributed by atoms with Crippen molar-refractivity contribution in [3.05, 3.63) is 0 Å². The van der Waals surface area contributed by atoms with Gasteiger partial charge in [-0.05, 0) is 18.8 Å². The molecule has 0 saturated carbocycles. The summed E-state index contributed by atoms with van der Waals surface area (Å²) in [5.41, 5.74) is 0. The molecule has 0 heterocycles. The van der Waals surface area contributed by atoms with E-state index in [4.69, 9.17) is 20.1 Å². The number of unbranched alkanes of at least 4 members (excludes halogenated alkanes) is 19. The van der Waals surface area contributed by atoms with E-state index in [9.17, 15) is 4.79 Å². The molecule has 5 nitrogen and oxygen atoms in total. The summed E-state index contributed by atoms with van der Waals surface area (Å²) < 4.78 is 4.88. The first-order valence-corrected chi connectivity index (χ1v) is 16.6. The van der Waals surface area contributed by atoms with Gasteiger partial charge in [0.15, 0.2) is 0 Å². The van der Waals surface area contributed by atoms with E-state index in [1.807, 2.05) is 0 Å². The molecule has 2 atom stereocenters. The smallest absolute Gasteiger partial charge is 0.305 e. The van der Waals surface area contributed by atoms with Gasteiger partial charge in [-0.2, -0.15) is 0 Å². The summed E-state index contributed by atoms with van der Waals surface area (Å²) in [7, 11) is 0. The van der Waals surface area contributed by atoms with Crippen LogP contribution in [0.4, 0.5) is 0 Å². The molecule has 0 amide bonds. The van der Waals surface area contributed by atoms with E-state index in [-0.39, 0.29) is 19.2 Å². The fourth-order valence-corrected chi connectivity index (χ4v) is 4.58. The average Bonchev–Trinajstić information content (AvgIpc) is 2.93. The van der Waals surface area contributed by atoms with E-state index >= 15 is 0 Å². The minimum absolute atomic E-state index is 0.103. The molecular formula is C33H68O5. The second-order valence-corrected chi connectivity index (χ2v) is 11.2. The number of carbonyl (C=O) groups is 1. The van der Waals surface area contributed by atoms with Crippen LogP contribution in [-0.4, -0.2) is 47.2 Å². The van der Waals surface area contributed by atoms with Crippen LogP contribution in [-0.2, 0) is 9.53 Å². The van der Waals surface area contributed by atoms with Crippen LogP contribution in [0.15, 0.2) is 0 Å². The molecule has 230 valence electrons. The number of aliphatic hydroxyl groups is 3. The molecule has 38 heavy (non-hydrogen) atoms. The second-order valence-electron chi connectivity index (χ2n) is 11.2. The second kappa shape index (κ2) is 34.4. The van der Waals surface area contributed by atoms with E-state index in [1.165, 1.54) is 128 Å². The fraction of sp³-hybridized carbons (Fsp3) is 0.970. The largest absolute Gasteiger partial charge is 0.463 e. The number of hydrogen-bond acceptors (Lipinski definition) is 5. The molecule has 2 unspecified atom stereocenters. The minimum atomic E-state index is -0.955. The number of esters is 1. The van der Waals surface area contributed by atoms with E-state index in [1.54, 1.807) is 0 Å². The Labute approximate surface area is 237 Å². The van der Waals surface area contributed by atoms with Gasteiger partial charge in [0.05, 0.1) is 6.61 Å². The Morgan fingerprint density at radius 3 is 1.32 bits per heavy atom. The highest BCUT2D eigenvalue weighted by atomic mass is 16.5. The van der Waals surface area contributed by atoms with Crippen molar-refractivity contribution < 1.29 is 24.9 Å². The topological polar surface area (TPSA) is 87.0 Å². The van der Waals surface area contributed by atoms with Gasteiger partial charge in [0, 0.05) is 13.0 Å². The highest BCUT2D eigenvalue weighted by molar-refractivity contribution is 5.69. The minimum Gasteiger partial charge on any atom is -0.463 e. The summed E-state index contributed by atoms with van der Waals surface area (Å²) in [6.07, 6.45) is 29.7. The van der Waals surface area contributed by atoms with Gasteiger partial charge < -0.3 is 20.1 Å². The van der Waals surface area contributed by atoms with Crippen LogP contribution in [0.2, 0.25) is 0 Å². The first-order valence-electron chi connectivity index (χ1n) is 16.6. The molecule has 3 N–H and O–H groups in total. The van der Waals surface area contributed by atoms with Crippen LogP contribution in [0.5, 0.6) is 0 Å². The molecule has 0 bridgehead atoms. The lowest BCUT2D eigenvalue weighted by Crippen LogP contribution is -2.21. The van der Waals surface area contributed by atoms with Gasteiger partial charge in [0.2, 0.25) is 0 Å². The lowest BCUT2D eigenvalue weighted by molar-refractivity contribution is -0.147. The molecule has 0 aliphatic carbocycles. The number of rotatable bonds is 28. The van der Waals surface area contributed by atoms with Gasteiger partial charge >= 0.3 is 5.97 Å². The van der Waals surface area contributed by atoms with Gasteiger partial charge in [0.25, 0.3) is 0 Å². The molecule has 5 heteroatoms. The predicted molar refractivity (Wildman–Crippen MR) is 162 cm³/mol. The Balaban J connectivity index is 0. The van der Waals surface area contributed by atoms with Crippen LogP contribution >= 0.6 is 0 Å². The summed E-state index contributed by atoms with van der Waals surface area (Å²) >= 11 is 0. The Morgan fingerprint density at radius 2 is 0.974 bits per heavy atom. The van der Waals surface area contributed by atoms with Crippen molar-refractivity contribution in [3.8, 4) is 0 Å². The molecular weight excluding hydrogens is 476 g/mol. The number of ether oxygens (including phenoxy) is 1. The summed E-state index contributed by atoms with van der Waals surface area (Å²) in [6.45, 7) is 6.50. The zero-order valence-electron chi connectivity index (χ0n) is 25.9. The van der Waals surface area contributed by atoms with Crippen molar-refractivity contribution in [1.82, 2.24) is 0 Å². The zero-order valence-corrected chi connectivity index (χ0v) is 25.9. The maximum atomic E-state index is 11.4. The Bertz CT molecular complexity index is 439. The fourth-order valence-electron chi connectivity index (χ4n) is 4.58. The summed E-state index contributed by atoms with van der Waals surface area (Å²) in [5, 5.41) is 26.5. The van der Waals surface area contributed by atoms with Crippen LogP contribution in [0.3, 0.4) is 0 Å². The van der Waals surface area contributed by atoms with Crippen molar-refractivity contribution in [2.45, 2.75) is 181 Å². The van der Waals surface area contributed by atoms with Crippen molar-refractivity contribution in [3.63, 3.8) is 0 Å². The van der Waals surface area contributed by atoms with Gasteiger partial charge in [-0.15, -0.1) is 0 Å². The molecule has 0 aromatic carbocycles. The third-order valence-corrected chi connectivity index (χ3v) is 7.43. The zero-order chi connectivity index (χ0) is 28.5. The van der Waals surface area contributed by atoms with Crippen LogP contribution in [0.1, 0.15) is 175 Å². The molecule has 0 spiro atoms. The van der Waals surface area contributed by atoms with Gasteiger partial charge in [-0.25, -0.2) is 0 Å². The Morgan fingerprint density at radius 1 is 0.579 bits per heavy atom. The Hall–Kier alpha value is -0.650. The van der Waals surface area contributed by atoms with E-state index in [2.05, 4.69) is 20.8 Å². The normalized spacial score (nSPS) is 12.6. The number of hydrogen-bond donors (Lipinski definition) is 3. The molecule has 0 aliphatic heterocycles. The van der Waals surface area contributed by atoms with E-state index < -0.39 is 6.10 Å². The summed E-state index contributed by atoms with van der Waals surface area (Å²) in [4.78, 5) is 11.4. The molecule has 0 saturated heterocycles. The van der Waals surface area contributed by atoms with E-state index in [0.29, 0.717) is 18.9 Å². The standard InChI is InChI=1S/C25H50O4.C8H18O/c1-2-3-4-5-6-7-8-9-10-11-12-13-14-15-16-17-18-19-20-21-25(28)29-23-24(27)22-26;1-3-5-6-8(4-2)7-9/h24,26-27H,2-23H2,1H3;8-9H,3-7H2,1-2H3. The maximum Gasteiger partial charge on any atom is 0.305 e. The third-order valence-electron chi connectivity index (χ3n) is 7.43. The predicted octanol–water partition coefficient (Wildman–Crippen LogP) is 8.90. The maximum absolute atomic E-state index is 11.4. The SMILES string of the molecule is CCCCC(CC)CO.CCCCCCCCCCCCCCCCCCCCCC(=O)OCC(O)CO. The van der Waals surface area contributed by atoms with Crippen molar-refractivity contribution in [2.24, 2.45) is 5.92 Å². The monoisotopic (exact) mass is 545 g/mol.